The largest absolute Gasteiger partial charge is 0.385 e. The van der Waals surface area contributed by atoms with Crippen LogP contribution in [0.1, 0.15) is 26.2 Å². The minimum absolute atomic E-state index is 0.411. The van der Waals surface area contributed by atoms with E-state index in [0.29, 0.717) is 5.41 Å². The van der Waals surface area contributed by atoms with Crippen LogP contribution in [0.3, 0.4) is 0 Å². The maximum atomic E-state index is 5.49. The first-order valence-electron chi connectivity index (χ1n) is 6.62. The van der Waals surface area contributed by atoms with Crippen LogP contribution in [-0.4, -0.2) is 53.2 Å². The highest BCUT2D eigenvalue weighted by Crippen LogP contribution is 2.28. The number of hydrogen-bond donors (Lipinski definition) is 1. The van der Waals surface area contributed by atoms with Crippen LogP contribution in [0.2, 0.25) is 0 Å². The van der Waals surface area contributed by atoms with Gasteiger partial charge in [-0.3, -0.25) is 0 Å². The van der Waals surface area contributed by atoms with E-state index in [1.54, 1.807) is 7.11 Å². The van der Waals surface area contributed by atoms with Crippen molar-refractivity contribution in [3.05, 3.63) is 0 Å². The summed E-state index contributed by atoms with van der Waals surface area (Å²) in [7, 11) is 1.72. The highest BCUT2D eigenvalue weighted by atomic mass is 16.5. The van der Waals surface area contributed by atoms with Gasteiger partial charge in [-0.25, -0.2) is 0 Å². The van der Waals surface area contributed by atoms with E-state index in [9.17, 15) is 0 Å². The number of methoxy groups -OCH3 is 1. The Morgan fingerprint density at radius 1 is 1.18 bits per heavy atom. The Kier molecular flexibility index (Phi) is 7.77. The van der Waals surface area contributed by atoms with Crippen molar-refractivity contribution >= 4 is 0 Å². The monoisotopic (exact) mass is 245 g/mol. The van der Waals surface area contributed by atoms with Crippen molar-refractivity contribution in [1.29, 1.82) is 0 Å². The molecule has 0 amide bonds. The predicted molar refractivity (Wildman–Crippen MR) is 68.3 cm³/mol. The number of ether oxygens (including phenoxy) is 3. The maximum absolute atomic E-state index is 5.49. The first-order chi connectivity index (χ1) is 8.27. The first-order valence-corrected chi connectivity index (χ1v) is 6.62. The summed E-state index contributed by atoms with van der Waals surface area (Å²) >= 11 is 0. The lowest BCUT2D eigenvalue weighted by atomic mass is 9.82. The van der Waals surface area contributed by atoms with Crippen molar-refractivity contribution in [2.24, 2.45) is 5.41 Å². The van der Waals surface area contributed by atoms with Gasteiger partial charge in [0, 0.05) is 46.6 Å². The molecule has 1 N–H and O–H groups in total. The van der Waals surface area contributed by atoms with Crippen LogP contribution >= 0.6 is 0 Å². The SMILES string of the molecule is COCCCOCCNCC1(C)CCOCC1. The molecule has 1 heterocycles. The second kappa shape index (κ2) is 8.86. The van der Waals surface area contributed by atoms with E-state index in [0.717, 1.165) is 65.4 Å². The van der Waals surface area contributed by atoms with Gasteiger partial charge in [0.05, 0.1) is 6.61 Å². The summed E-state index contributed by atoms with van der Waals surface area (Å²) in [6, 6.07) is 0. The zero-order valence-electron chi connectivity index (χ0n) is 11.3. The smallest absolute Gasteiger partial charge is 0.0590 e. The molecule has 0 spiro atoms. The van der Waals surface area contributed by atoms with E-state index >= 15 is 0 Å². The minimum Gasteiger partial charge on any atom is -0.385 e. The van der Waals surface area contributed by atoms with E-state index in [1.165, 1.54) is 0 Å². The second-order valence-electron chi connectivity index (χ2n) is 5.06. The van der Waals surface area contributed by atoms with E-state index in [1.807, 2.05) is 0 Å². The first kappa shape index (κ1) is 14.9. The molecule has 0 saturated carbocycles. The number of nitrogens with one attached hydrogen (secondary N) is 1. The summed E-state index contributed by atoms with van der Waals surface area (Å²) in [6.45, 7) is 8.52. The molecule has 4 nitrogen and oxygen atoms in total. The third kappa shape index (κ3) is 6.99. The van der Waals surface area contributed by atoms with Crippen LogP contribution < -0.4 is 5.32 Å². The molecule has 0 bridgehead atoms. The van der Waals surface area contributed by atoms with Crippen molar-refractivity contribution in [2.45, 2.75) is 26.2 Å². The quantitative estimate of drug-likeness (QED) is 0.624. The summed E-state index contributed by atoms with van der Waals surface area (Å²) < 4.78 is 15.8. The van der Waals surface area contributed by atoms with Gasteiger partial charge >= 0.3 is 0 Å². The van der Waals surface area contributed by atoms with E-state index in [2.05, 4.69) is 12.2 Å². The maximum Gasteiger partial charge on any atom is 0.0590 e. The molecule has 0 unspecified atom stereocenters. The van der Waals surface area contributed by atoms with Gasteiger partial charge < -0.3 is 19.5 Å². The molecule has 1 rings (SSSR count). The lowest BCUT2D eigenvalue weighted by Crippen LogP contribution is -2.38. The Hall–Kier alpha value is -0.160. The molecule has 0 aromatic carbocycles. The molecule has 0 radical (unpaired) electrons. The molecule has 1 aliphatic heterocycles. The Bertz CT molecular complexity index is 182. The van der Waals surface area contributed by atoms with Gasteiger partial charge in [-0.2, -0.15) is 0 Å². The zero-order valence-corrected chi connectivity index (χ0v) is 11.3. The minimum atomic E-state index is 0.411. The normalized spacial score (nSPS) is 19.4. The van der Waals surface area contributed by atoms with Crippen molar-refractivity contribution in [3.8, 4) is 0 Å². The van der Waals surface area contributed by atoms with E-state index in [-0.39, 0.29) is 0 Å². The van der Waals surface area contributed by atoms with Crippen LogP contribution in [-0.2, 0) is 14.2 Å². The van der Waals surface area contributed by atoms with Crippen LogP contribution in [0.5, 0.6) is 0 Å². The van der Waals surface area contributed by atoms with E-state index in [4.69, 9.17) is 14.2 Å². The Morgan fingerprint density at radius 2 is 1.94 bits per heavy atom. The van der Waals surface area contributed by atoms with Crippen LogP contribution in [0.15, 0.2) is 0 Å². The molecular weight excluding hydrogens is 218 g/mol. The number of rotatable bonds is 9. The molecule has 0 aliphatic carbocycles. The highest BCUT2D eigenvalue weighted by molar-refractivity contribution is 4.79. The summed E-state index contributed by atoms with van der Waals surface area (Å²) in [5.74, 6) is 0. The van der Waals surface area contributed by atoms with Crippen molar-refractivity contribution < 1.29 is 14.2 Å². The van der Waals surface area contributed by atoms with Crippen molar-refractivity contribution in [1.82, 2.24) is 5.32 Å². The standard InChI is InChI=1S/C13H27NO3/c1-13(4-9-17-10-5-13)12-14-6-11-16-8-3-7-15-2/h14H,3-12H2,1-2H3. The third-order valence-electron chi connectivity index (χ3n) is 3.31. The van der Waals surface area contributed by atoms with Crippen LogP contribution in [0.4, 0.5) is 0 Å². The van der Waals surface area contributed by atoms with Gasteiger partial charge in [0.15, 0.2) is 0 Å². The van der Waals surface area contributed by atoms with Crippen molar-refractivity contribution in [3.63, 3.8) is 0 Å². The van der Waals surface area contributed by atoms with Crippen LogP contribution in [0.25, 0.3) is 0 Å². The summed E-state index contributed by atoms with van der Waals surface area (Å²) in [5, 5.41) is 3.47. The molecule has 1 aliphatic rings. The Labute approximate surface area is 105 Å². The lowest BCUT2D eigenvalue weighted by Gasteiger charge is -2.33. The molecule has 0 atom stereocenters. The molecule has 0 aromatic heterocycles. The fourth-order valence-corrected chi connectivity index (χ4v) is 1.98. The summed E-state index contributed by atoms with van der Waals surface area (Å²) in [6.07, 6.45) is 3.30. The summed E-state index contributed by atoms with van der Waals surface area (Å²) in [4.78, 5) is 0. The average Bonchev–Trinajstić information content (AvgIpc) is 2.33. The molecule has 1 saturated heterocycles. The third-order valence-corrected chi connectivity index (χ3v) is 3.31. The molecule has 102 valence electrons. The van der Waals surface area contributed by atoms with Gasteiger partial charge in [-0.05, 0) is 24.7 Å². The molecule has 1 fully saturated rings. The summed E-state index contributed by atoms with van der Waals surface area (Å²) in [5.41, 5.74) is 0.411. The lowest BCUT2D eigenvalue weighted by molar-refractivity contribution is 0.0229. The second-order valence-corrected chi connectivity index (χ2v) is 5.06. The fraction of sp³-hybridized carbons (Fsp3) is 1.00. The molecule has 4 heteroatoms. The highest BCUT2D eigenvalue weighted by Gasteiger charge is 2.26. The van der Waals surface area contributed by atoms with Crippen molar-refractivity contribution in [2.75, 3.05) is 53.2 Å². The Balaban J connectivity index is 1.89. The zero-order chi connectivity index (χ0) is 12.4. The molecule has 17 heavy (non-hydrogen) atoms. The van der Waals surface area contributed by atoms with Gasteiger partial charge in [0.2, 0.25) is 0 Å². The molecule has 0 aromatic rings. The van der Waals surface area contributed by atoms with E-state index < -0.39 is 0 Å². The fourth-order valence-electron chi connectivity index (χ4n) is 1.98. The van der Waals surface area contributed by atoms with Gasteiger partial charge in [-0.15, -0.1) is 0 Å². The molecular formula is C13H27NO3. The topological polar surface area (TPSA) is 39.7 Å². The van der Waals surface area contributed by atoms with Gasteiger partial charge in [0.25, 0.3) is 0 Å². The number of hydrogen-bond acceptors (Lipinski definition) is 4. The predicted octanol–water partition coefficient (Wildman–Crippen LogP) is 1.45. The van der Waals surface area contributed by atoms with Gasteiger partial charge in [-0.1, -0.05) is 6.92 Å². The average molecular weight is 245 g/mol. The Morgan fingerprint density at radius 3 is 2.65 bits per heavy atom. The van der Waals surface area contributed by atoms with Gasteiger partial charge in [0.1, 0.15) is 0 Å². The van der Waals surface area contributed by atoms with Crippen LogP contribution in [0, 0.1) is 5.41 Å².